The number of hydrogen-bond acceptors (Lipinski definition) is 3. The summed E-state index contributed by atoms with van der Waals surface area (Å²) in [5.41, 5.74) is 3.67. The highest BCUT2D eigenvalue weighted by Crippen LogP contribution is 2.19. The van der Waals surface area contributed by atoms with Crippen LogP contribution in [0.3, 0.4) is 0 Å². The molecule has 0 spiro atoms. The number of rotatable bonds is 2. The van der Waals surface area contributed by atoms with Gasteiger partial charge in [-0.3, -0.25) is 0 Å². The lowest BCUT2D eigenvalue weighted by Gasteiger charge is -1.96. The zero-order valence-electron chi connectivity index (χ0n) is 10.2. The molecule has 2 aromatic heterocycles. The fourth-order valence-electron chi connectivity index (χ4n) is 1.85. The maximum absolute atomic E-state index is 10.9. The van der Waals surface area contributed by atoms with E-state index in [0.29, 0.717) is 5.65 Å². The fraction of sp³-hybridized carbons (Fsp3) is 0.0714. The van der Waals surface area contributed by atoms with Gasteiger partial charge in [-0.15, -0.1) is 0 Å². The van der Waals surface area contributed by atoms with Crippen LogP contribution in [-0.2, 0) is 0 Å². The van der Waals surface area contributed by atoms with Gasteiger partial charge >= 0.3 is 5.97 Å². The molecule has 94 valence electrons. The quantitative estimate of drug-likeness (QED) is 0.761. The highest BCUT2D eigenvalue weighted by molar-refractivity contribution is 5.87. The lowest BCUT2D eigenvalue weighted by molar-refractivity contribution is 0.0695. The number of fused-ring (bicyclic) bond motifs is 1. The van der Waals surface area contributed by atoms with Crippen molar-refractivity contribution in [3.05, 3.63) is 53.9 Å². The van der Waals surface area contributed by atoms with Crippen LogP contribution in [0.5, 0.6) is 0 Å². The first-order chi connectivity index (χ1) is 9.13. The number of hydrogen-bond donors (Lipinski definition) is 1. The smallest absolute Gasteiger partial charge is 0.338 e. The Labute approximate surface area is 109 Å². The molecule has 5 heteroatoms. The molecule has 19 heavy (non-hydrogen) atoms. The molecule has 0 radical (unpaired) electrons. The third kappa shape index (κ3) is 2.06. The second-order valence-electron chi connectivity index (χ2n) is 4.35. The summed E-state index contributed by atoms with van der Waals surface area (Å²) >= 11 is 0. The second kappa shape index (κ2) is 4.20. The molecule has 5 nitrogen and oxygen atoms in total. The normalized spacial score (nSPS) is 10.8. The van der Waals surface area contributed by atoms with Crippen LogP contribution in [0, 0.1) is 6.92 Å². The van der Waals surface area contributed by atoms with E-state index in [1.165, 1.54) is 22.5 Å². The standard InChI is InChI=1S/C14H11N3O2/c1-9-2-4-10(5-3-9)12-6-13-15-7-11(14(18)19)8-17(13)16-12/h2-8H,1H3,(H,18,19). The Balaban J connectivity index is 2.11. The van der Waals surface area contributed by atoms with E-state index in [2.05, 4.69) is 10.1 Å². The largest absolute Gasteiger partial charge is 0.478 e. The summed E-state index contributed by atoms with van der Waals surface area (Å²) in [6.07, 6.45) is 2.79. The molecule has 2 heterocycles. The molecule has 0 bridgehead atoms. The van der Waals surface area contributed by atoms with Gasteiger partial charge in [0.1, 0.15) is 0 Å². The minimum atomic E-state index is -1.01. The molecule has 3 aromatic rings. The van der Waals surface area contributed by atoms with E-state index in [9.17, 15) is 4.79 Å². The van der Waals surface area contributed by atoms with Crippen LogP contribution < -0.4 is 0 Å². The Bertz CT molecular complexity index is 760. The molecule has 1 aromatic carbocycles. The first kappa shape index (κ1) is 11.4. The SMILES string of the molecule is Cc1ccc(-c2cc3ncc(C(=O)O)cn3n2)cc1. The molecule has 0 fully saturated rings. The Morgan fingerprint density at radius 2 is 2.00 bits per heavy atom. The van der Waals surface area contributed by atoms with Crippen molar-refractivity contribution in [2.75, 3.05) is 0 Å². The number of aromatic carboxylic acids is 1. The van der Waals surface area contributed by atoms with Gasteiger partial charge in [0.05, 0.1) is 11.3 Å². The molecule has 0 aliphatic rings. The second-order valence-corrected chi connectivity index (χ2v) is 4.35. The van der Waals surface area contributed by atoms with Crippen LogP contribution in [0.15, 0.2) is 42.7 Å². The third-order valence-corrected chi connectivity index (χ3v) is 2.91. The van der Waals surface area contributed by atoms with Crippen molar-refractivity contribution in [1.82, 2.24) is 14.6 Å². The van der Waals surface area contributed by atoms with E-state index in [-0.39, 0.29) is 5.56 Å². The molecular weight excluding hydrogens is 242 g/mol. The molecule has 0 unspecified atom stereocenters. The highest BCUT2D eigenvalue weighted by atomic mass is 16.4. The Hall–Kier alpha value is -2.69. The molecule has 0 amide bonds. The van der Waals surface area contributed by atoms with Crippen molar-refractivity contribution < 1.29 is 9.90 Å². The predicted molar refractivity (Wildman–Crippen MR) is 70.1 cm³/mol. The van der Waals surface area contributed by atoms with Gasteiger partial charge in [0.25, 0.3) is 0 Å². The first-order valence-electron chi connectivity index (χ1n) is 5.79. The summed E-state index contributed by atoms with van der Waals surface area (Å²) in [5.74, 6) is -1.01. The van der Waals surface area contributed by atoms with Gasteiger partial charge in [0.15, 0.2) is 5.65 Å². The fourth-order valence-corrected chi connectivity index (χ4v) is 1.85. The Kier molecular flexibility index (Phi) is 2.52. The summed E-state index contributed by atoms with van der Waals surface area (Å²) in [6.45, 7) is 2.02. The van der Waals surface area contributed by atoms with Gasteiger partial charge in [-0.1, -0.05) is 29.8 Å². The average Bonchev–Trinajstić information content (AvgIpc) is 2.82. The van der Waals surface area contributed by atoms with Gasteiger partial charge < -0.3 is 5.11 Å². The first-order valence-corrected chi connectivity index (χ1v) is 5.79. The molecule has 3 rings (SSSR count). The minimum Gasteiger partial charge on any atom is -0.478 e. The van der Waals surface area contributed by atoms with Crippen LogP contribution in [0.2, 0.25) is 0 Å². The van der Waals surface area contributed by atoms with Crippen molar-refractivity contribution in [2.24, 2.45) is 0 Å². The topological polar surface area (TPSA) is 67.5 Å². The van der Waals surface area contributed by atoms with E-state index in [4.69, 9.17) is 5.11 Å². The number of carbonyl (C=O) groups is 1. The number of carboxylic acid groups (broad SMARTS) is 1. The number of aromatic nitrogens is 3. The van der Waals surface area contributed by atoms with Gasteiger partial charge in [0, 0.05) is 24.0 Å². The van der Waals surface area contributed by atoms with Crippen molar-refractivity contribution in [3.8, 4) is 11.3 Å². The van der Waals surface area contributed by atoms with E-state index < -0.39 is 5.97 Å². The van der Waals surface area contributed by atoms with E-state index >= 15 is 0 Å². The summed E-state index contributed by atoms with van der Waals surface area (Å²) in [4.78, 5) is 15.0. The van der Waals surface area contributed by atoms with Crippen LogP contribution >= 0.6 is 0 Å². The minimum absolute atomic E-state index is 0.117. The molecule has 1 N–H and O–H groups in total. The molecule has 0 aliphatic heterocycles. The molecule has 0 saturated heterocycles. The molecule has 0 aliphatic carbocycles. The van der Waals surface area contributed by atoms with Crippen molar-refractivity contribution >= 4 is 11.6 Å². The van der Waals surface area contributed by atoms with Gasteiger partial charge in [0.2, 0.25) is 0 Å². The van der Waals surface area contributed by atoms with Gasteiger partial charge in [-0.2, -0.15) is 5.10 Å². The van der Waals surface area contributed by atoms with Crippen molar-refractivity contribution in [2.45, 2.75) is 6.92 Å². The predicted octanol–water partition coefficient (Wildman–Crippen LogP) is 2.40. The van der Waals surface area contributed by atoms with Crippen LogP contribution in [0.1, 0.15) is 15.9 Å². The maximum Gasteiger partial charge on any atom is 0.338 e. The third-order valence-electron chi connectivity index (χ3n) is 2.91. The van der Waals surface area contributed by atoms with Crippen LogP contribution in [0.4, 0.5) is 0 Å². The van der Waals surface area contributed by atoms with Gasteiger partial charge in [-0.25, -0.2) is 14.3 Å². The Morgan fingerprint density at radius 3 is 2.68 bits per heavy atom. The number of aryl methyl sites for hydroxylation is 1. The lowest BCUT2D eigenvalue weighted by Crippen LogP contribution is -2.00. The number of carboxylic acids is 1. The zero-order chi connectivity index (χ0) is 13.4. The van der Waals surface area contributed by atoms with E-state index in [0.717, 1.165) is 11.3 Å². The zero-order valence-corrected chi connectivity index (χ0v) is 10.2. The molecule has 0 saturated carbocycles. The van der Waals surface area contributed by atoms with Crippen LogP contribution in [-0.4, -0.2) is 25.7 Å². The van der Waals surface area contributed by atoms with Crippen LogP contribution in [0.25, 0.3) is 16.9 Å². The van der Waals surface area contributed by atoms with E-state index in [1.54, 1.807) is 0 Å². The Morgan fingerprint density at radius 1 is 1.26 bits per heavy atom. The number of benzene rings is 1. The summed E-state index contributed by atoms with van der Waals surface area (Å²) in [7, 11) is 0. The van der Waals surface area contributed by atoms with E-state index in [1.807, 2.05) is 37.3 Å². The van der Waals surface area contributed by atoms with Crippen molar-refractivity contribution in [1.29, 1.82) is 0 Å². The summed E-state index contributed by atoms with van der Waals surface area (Å²) < 4.78 is 1.48. The van der Waals surface area contributed by atoms with Gasteiger partial charge in [-0.05, 0) is 6.92 Å². The number of nitrogens with zero attached hydrogens (tertiary/aromatic N) is 3. The lowest BCUT2D eigenvalue weighted by atomic mass is 10.1. The highest BCUT2D eigenvalue weighted by Gasteiger charge is 2.08. The maximum atomic E-state index is 10.9. The summed E-state index contributed by atoms with van der Waals surface area (Å²) in [5, 5.41) is 13.3. The molecular formula is C14H11N3O2. The average molecular weight is 253 g/mol. The monoisotopic (exact) mass is 253 g/mol. The summed E-state index contributed by atoms with van der Waals surface area (Å²) in [6, 6.07) is 9.81. The molecule has 0 atom stereocenters. The van der Waals surface area contributed by atoms with Crippen molar-refractivity contribution in [3.63, 3.8) is 0 Å².